The van der Waals surface area contributed by atoms with E-state index in [2.05, 4.69) is 10.6 Å². The SMILES string of the molecule is CC(C)(C)OC(=O)N1CCC(NC2CCCNC2)CC12CCC2. The van der Waals surface area contributed by atoms with Crippen LogP contribution in [0.1, 0.15) is 65.7 Å². The van der Waals surface area contributed by atoms with Crippen LogP contribution in [-0.4, -0.2) is 53.9 Å². The summed E-state index contributed by atoms with van der Waals surface area (Å²) in [6, 6.07) is 1.14. The third-order valence-electron chi connectivity index (χ3n) is 5.57. The zero-order chi connectivity index (χ0) is 16.5. The number of rotatable bonds is 2. The van der Waals surface area contributed by atoms with Crippen LogP contribution in [0, 0.1) is 0 Å². The second-order valence-corrected chi connectivity index (χ2v) is 8.61. The largest absolute Gasteiger partial charge is 0.444 e. The topological polar surface area (TPSA) is 53.6 Å². The highest BCUT2D eigenvalue weighted by molar-refractivity contribution is 5.69. The van der Waals surface area contributed by atoms with Crippen molar-refractivity contribution in [1.82, 2.24) is 15.5 Å². The average Bonchev–Trinajstić information content (AvgIpc) is 2.44. The molecule has 2 N–H and O–H groups in total. The van der Waals surface area contributed by atoms with Crippen LogP contribution in [-0.2, 0) is 4.74 Å². The molecule has 3 aliphatic rings. The fourth-order valence-electron chi connectivity index (χ4n) is 4.32. The number of hydrogen-bond acceptors (Lipinski definition) is 4. The molecule has 2 aliphatic heterocycles. The van der Waals surface area contributed by atoms with Crippen LogP contribution in [0.25, 0.3) is 0 Å². The molecular weight excluding hydrogens is 290 g/mol. The van der Waals surface area contributed by atoms with Crippen molar-refractivity contribution >= 4 is 6.09 Å². The van der Waals surface area contributed by atoms with Crippen molar-refractivity contribution in [3.63, 3.8) is 0 Å². The Morgan fingerprint density at radius 3 is 2.57 bits per heavy atom. The zero-order valence-corrected chi connectivity index (χ0v) is 15.0. The first-order valence-electron chi connectivity index (χ1n) is 9.35. The van der Waals surface area contributed by atoms with Gasteiger partial charge in [-0.3, -0.25) is 0 Å². The van der Waals surface area contributed by atoms with Gasteiger partial charge in [0.1, 0.15) is 5.60 Å². The second kappa shape index (κ2) is 6.60. The number of carbonyl (C=O) groups is 1. The van der Waals surface area contributed by atoms with E-state index >= 15 is 0 Å². The highest BCUT2D eigenvalue weighted by atomic mass is 16.6. The van der Waals surface area contributed by atoms with Gasteiger partial charge in [-0.05, 0) is 72.3 Å². The molecule has 0 radical (unpaired) electrons. The molecule has 0 aromatic carbocycles. The molecule has 23 heavy (non-hydrogen) atoms. The van der Waals surface area contributed by atoms with Crippen LogP contribution >= 0.6 is 0 Å². The third kappa shape index (κ3) is 4.00. The predicted octanol–water partition coefficient (Wildman–Crippen LogP) is 2.65. The number of nitrogens with one attached hydrogen (secondary N) is 2. The number of ether oxygens (including phenoxy) is 1. The fraction of sp³-hybridized carbons (Fsp3) is 0.944. The maximum Gasteiger partial charge on any atom is 0.410 e. The van der Waals surface area contributed by atoms with Crippen molar-refractivity contribution in [1.29, 1.82) is 0 Å². The third-order valence-corrected chi connectivity index (χ3v) is 5.57. The number of piperidine rings is 2. The Morgan fingerprint density at radius 1 is 1.22 bits per heavy atom. The van der Waals surface area contributed by atoms with Crippen LogP contribution in [0.2, 0.25) is 0 Å². The zero-order valence-electron chi connectivity index (χ0n) is 15.0. The summed E-state index contributed by atoms with van der Waals surface area (Å²) < 4.78 is 5.65. The molecule has 3 rings (SSSR count). The molecular formula is C18H33N3O2. The van der Waals surface area contributed by atoms with Gasteiger partial charge in [0.25, 0.3) is 0 Å². The lowest BCUT2D eigenvalue weighted by molar-refractivity contribution is -0.0502. The molecule has 1 spiro atoms. The van der Waals surface area contributed by atoms with E-state index in [4.69, 9.17) is 4.74 Å². The van der Waals surface area contributed by atoms with Gasteiger partial charge in [0.15, 0.2) is 0 Å². The quantitative estimate of drug-likeness (QED) is 0.820. The molecule has 0 bridgehead atoms. The number of likely N-dealkylation sites (tertiary alicyclic amines) is 1. The van der Waals surface area contributed by atoms with Gasteiger partial charge in [-0.1, -0.05) is 0 Å². The van der Waals surface area contributed by atoms with Gasteiger partial charge in [0.2, 0.25) is 0 Å². The van der Waals surface area contributed by atoms with E-state index < -0.39 is 5.60 Å². The Morgan fingerprint density at radius 2 is 2.00 bits per heavy atom. The lowest BCUT2D eigenvalue weighted by Gasteiger charge is -2.55. The van der Waals surface area contributed by atoms with E-state index in [0.29, 0.717) is 12.1 Å². The Balaban J connectivity index is 1.59. The molecule has 0 aromatic heterocycles. The molecule has 3 fully saturated rings. The normalized spacial score (nSPS) is 30.8. The Labute approximate surface area is 140 Å². The fourth-order valence-corrected chi connectivity index (χ4v) is 4.32. The maximum atomic E-state index is 12.6. The summed E-state index contributed by atoms with van der Waals surface area (Å²) in [7, 11) is 0. The smallest absolute Gasteiger partial charge is 0.410 e. The van der Waals surface area contributed by atoms with Crippen molar-refractivity contribution < 1.29 is 9.53 Å². The molecule has 1 amide bonds. The molecule has 1 aliphatic carbocycles. The molecule has 1 saturated carbocycles. The van der Waals surface area contributed by atoms with Gasteiger partial charge >= 0.3 is 6.09 Å². The number of hydrogen-bond donors (Lipinski definition) is 2. The van der Waals surface area contributed by atoms with Crippen molar-refractivity contribution in [3.05, 3.63) is 0 Å². The van der Waals surface area contributed by atoms with E-state index in [0.717, 1.165) is 45.3 Å². The minimum atomic E-state index is -0.412. The first-order valence-corrected chi connectivity index (χ1v) is 9.35. The van der Waals surface area contributed by atoms with E-state index in [1.807, 2.05) is 25.7 Å². The molecule has 2 saturated heterocycles. The van der Waals surface area contributed by atoms with Crippen molar-refractivity contribution in [2.45, 2.75) is 88.9 Å². The summed E-state index contributed by atoms with van der Waals surface area (Å²) in [4.78, 5) is 14.6. The molecule has 0 aromatic rings. The maximum absolute atomic E-state index is 12.6. The molecule has 2 heterocycles. The van der Waals surface area contributed by atoms with Crippen molar-refractivity contribution in [2.75, 3.05) is 19.6 Å². The summed E-state index contributed by atoms with van der Waals surface area (Å²) in [6.07, 6.45) is 8.04. The van der Waals surface area contributed by atoms with E-state index in [-0.39, 0.29) is 11.6 Å². The van der Waals surface area contributed by atoms with Gasteiger partial charge in [0, 0.05) is 30.7 Å². The van der Waals surface area contributed by atoms with Crippen LogP contribution in [0.4, 0.5) is 4.79 Å². The predicted molar refractivity (Wildman–Crippen MR) is 91.6 cm³/mol. The Bertz CT molecular complexity index is 422. The second-order valence-electron chi connectivity index (χ2n) is 8.61. The van der Waals surface area contributed by atoms with Gasteiger partial charge in [-0.2, -0.15) is 0 Å². The number of amides is 1. The highest BCUT2D eigenvalue weighted by Crippen LogP contribution is 2.45. The van der Waals surface area contributed by atoms with Crippen LogP contribution in [0.3, 0.4) is 0 Å². The summed E-state index contributed by atoms with van der Waals surface area (Å²) in [6.45, 7) is 8.90. The lowest BCUT2D eigenvalue weighted by atomic mass is 9.69. The summed E-state index contributed by atoms with van der Waals surface area (Å²) in [5, 5.41) is 7.33. The van der Waals surface area contributed by atoms with E-state index in [1.165, 1.54) is 19.3 Å². The lowest BCUT2D eigenvalue weighted by Crippen LogP contribution is -2.64. The summed E-state index contributed by atoms with van der Waals surface area (Å²) >= 11 is 0. The van der Waals surface area contributed by atoms with E-state index in [1.54, 1.807) is 0 Å². The van der Waals surface area contributed by atoms with Crippen LogP contribution < -0.4 is 10.6 Å². The summed E-state index contributed by atoms with van der Waals surface area (Å²) in [5.74, 6) is 0. The van der Waals surface area contributed by atoms with Gasteiger partial charge in [0.05, 0.1) is 0 Å². The number of carbonyl (C=O) groups excluding carboxylic acids is 1. The molecule has 5 heteroatoms. The highest BCUT2D eigenvalue weighted by Gasteiger charge is 2.49. The van der Waals surface area contributed by atoms with Crippen LogP contribution in [0.5, 0.6) is 0 Å². The monoisotopic (exact) mass is 323 g/mol. The minimum absolute atomic E-state index is 0.0559. The first kappa shape index (κ1) is 17.0. The molecule has 2 atom stereocenters. The van der Waals surface area contributed by atoms with Crippen LogP contribution in [0.15, 0.2) is 0 Å². The Kier molecular flexibility index (Phi) is 4.88. The first-order chi connectivity index (χ1) is 10.9. The Hall–Kier alpha value is -0.810. The molecule has 132 valence electrons. The standard InChI is InChI=1S/C18H33N3O2/c1-17(2,3)23-16(22)21-11-7-14(12-18(21)8-5-9-18)20-15-6-4-10-19-13-15/h14-15,19-20H,4-13H2,1-3H3. The molecule has 2 unspecified atom stereocenters. The van der Waals surface area contributed by atoms with Gasteiger partial charge < -0.3 is 20.3 Å². The van der Waals surface area contributed by atoms with Crippen molar-refractivity contribution in [2.24, 2.45) is 0 Å². The number of nitrogens with zero attached hydrogens (tertiary/aromatic N) is 1. The van der Waals surface area contributed by atoms with E-state index in [9.17, 15) is 4.79 Å². The minimum Gasteiger partial charge on any atom is -0.444 e. The molecule has 5 nitrogen and oxygen atoms in total. The average molecular weight is 323 g/mol. The van der Waals surface area contributed by atoms with Crippen molar-refractivity contribution in [3.8, 4) is 0 Å². The van der Waals surface area contributed by atoms with Gasteiger partial charge in [-0.25, -0.2) is 4.79 Å². The van der Waals surface area contributed by atoms with Gasteiger partial charge in [-0.15, -0.1) is 0 Å². The summed E-state index contributed by atoms with van der Waals surface area (Å²) in [5.41, 5.74) is -0.356.